The third-order valence-electron chi connectivity index (χ3n) is 2.18. The van der Waals surface area contributed by atoms with Crippen molar-refractivity contribution in [2.24, 2.45) is 0 Å². The predicted octanol–water partition coefficient (Wildman–Crippen LogP) is 2.08. The van der Waals surface area contributed by atoms with Crippen LogP contribution in [0.25, 0.3) is 17.0 Å². The number of benzene rings is 1. The molecule has 0 saturated carbocycles. The van der Waals surface area contributed by atoms with Crippen LogP contribution in [0, 0.1) is 0 Å². The van der Waals surface area contributed by atoms with E-state index in [4.69, 9.17) is 11.6 Å². The van der Waals surface area contributed by atoms with Crippen molar-refractivity contribution in [3.05, 3.63) is 53.2 Å². The number of hydrogen-bond donors (Lipinski definition) is 1. The van der Waals surface area contributed by atoms with E-state index in [1.165, 1.54) is 0 Å². The smallest absolute Gasteiger partial charge is 0.290 e. The van der Waals surface area contributed by atoms with Gasteiger partial charge in [0.05, 0.1) is 5.88 Å². The minimum atomic E-state index is -0.458. The van der Waals surface area contributed by atoms with Crippen LogP contribution in [0.4, 0.5) is 0 Å². The maximum Gasteiger partial charge on any atom is 0.348 e. The van der Waals surface area contributed by atoms with Crippen LogP contribution in [0.2, 0.25) is 0 Å². The largest absolute Gasteiger partial charge is 0.348 e. The van der Waals surface area contributed by atoms with E-state index in [1.807, 2.05) is 30.3 Å². The van der Waals surface area contributed by atoms with Gasteiger partial charge in [0.15, 0.2) is 5.82 Å². The van der Waals surface area contributed by atoms with Gasteiger partial charge in [-0.3, -0.25) is 4.98 Å². The summed E-state index contributed by atoms with van der Waals surface area (Å²) in [6, 6.07) is 9.33. The number of rotatable bonds is 3. The van der Waals surface area contributed by atoms with Crippen molar-refractivity contribution < 1.29 is 0 Å². The highest BCUT2D eigenvalue weighted by molar-refractivity contribution is 6.22. The second-order valence-corrected chi connectivity index (χ2v) is 3.70. The van der Waals surface area contributed by atoms with E-state index in [0.29, 0.717) is 11.4 Å². The quantitative estimate of drug-likeness (QED) is 0.845. The Balaban J connectivity index is 2.53. The van der Waals surface area contributed by atoms with Gasteiger partial charge in [-0.25, -0.2) is 9.78 Å². The highest BCUT2D eigenvalue weighted by Gasteiger charge is 2.07. The molecule has 1 aromatic carbocycles. The van der Waals surface area contributed by atoms with Crippen LogP contribution in [0.5, 0.6) is 0 Å². The Morgan fingerprint density at radius 3 is 2.65 bits per heavy atom. The Hall–Kier alpha value is -1.94. The fourth-order valence-corrected chi connectivity index (χ4v) is 1.45. The molecule has 2 aromatic rings. The van der Waals surface area contributed by atoms with E-state index < -0.39 is 5.69 Å². The van der Waals surface area contributed by atoms with Crippen LogP contribution in [0.1, 0.15) is 5.82 Å². The van der Waals surface area contributed by atoms with Gasteiger partial charge in [0.2, 0.25) is 0 Å². The molecule has 2 rings (SSSR count). The maximum absolute atomic E-state index is 11.4. The van der Waals surface area contributed by atoms with Gasteiger partial charge in [0.1, 0.15) is 5.82 Å². The molecule has 1 heterocycles. The molecule has 0 unspecified atom stereocenters. The number of H-pyrrole nitrogens is 1. The molecule has 0 fully saturated rings. The third kappa shape index (κ3) is 2.60. The molecule has 1 N–H and O–H groups in total. The van der Waals surface area contributed by atoms with E-state index in [2.05, 4.69) is 21.5 Å². The second-order valence-electron chi connectivity index (χ2n) is 3.43. The standard InChI is InChI=1S/C12H10ClN3O/c1-8(7-13)10-14-11(16-12(17)15-10)9-5-3-2-4-6-9/h2-6H,1,7H2,(H,14,15,16,17). The first-order chi connectivity index (χ1) is 8.20. The number of nitrogens with zero attached hydrogens (tertiary/aromatic N) is 2. The monoisotopic (exact) mass is 247 g/mol. The zero-order valence-electron chi connectivity index (χ0n) is 8.98. The lowest BCUT2D eigenvalue weighted by atomic mass is 10.2. The summed E-state index contributed by atoms with van der Waals surface area (Å²) in [7, 11) is 0. The molecule has 1 aromatic heterocycles. The first-order valence-electron chi connectivity index (χ1n) is 4.98. The molecule has 0 radical (unpaired) electrons. The number of nitrogens with one attached hydrogen (secondary N) is 1. The molecule has 86 valence electrons. The fraction of sp³-hybridized carbons (Fsp3) is 0.0833. The maximum atomic E-state index is 11.4. The van der Waals surface area contributed by atoms with E-state index >= 15 is 0 Å². The van der Waals surface area contributed by atoms with Crippen LogP contribution in [-0.4, -0.2) is 20.8 Å². The van der Waals surface area contributed by atoms with Gasteiger partial charge in [-0.1, -0.05) is 36.9 Å². The zero-order valence-corrected chi connectivity index (χ0v) is 9.74. The van der Waals surface area contributed by atoms with Crippen molar-refractivity contribution in [3.8, 4) is 11.4 Å². The molecule has 0 amide bonds. The highest BCUT2D eigenvalue weighted by Crippen LogP contribution is 2.14. The Bertz CT molecular complexity index is 592. The predicted molar refractivity (Wildman–Crippen MR) is 67.8 cm³/mol. The van der Waals surface area contributed by atoms with E-state index in [1.54, 1.807) is 0 Å². The topological polar surface area (TPSA) is 58.6 Å². The molecule has 17 heavy (non-hydrogen) atoms. The Kier molecular flexibility index (Phi) is 3.35. The number of allylic oxidation sites excluding steroid dienone is 1. The van der Waals surface area contributed by atoms with Crippen molar-refractivity contribution in [2.75, 3.05) is 5.88 Å². The normalized spacial score (nSPS) is 10.2. The Labute approximate surface area is 103 Å². The van der Waals surface area contributed by atoms with E-state index in [-0.39, 0.29) is 11.7 Å². The minimum absolute atomic E-state index is 0.192. The van der Waals surface area contributed by atoms with Crippen molar-refractivity contribution >= 4 is 17.2 Å². The van der Waals surface area contributed by atoms with Gasteiger partial charge in [-0.05, 0) is 0 Å². The SMILES string of the molecule is C=C(CCl)c1nc(-c2ccccc2)[nH]c(=O)n1. The number of halogens is 1. The molecule has 0 bridgehead atoms. The van der Waals surface area contributed by atoms with Crippen LogP contribution in [0.3, 0.4) is 0 Å². The van der Waals surface area contributed by atoms with Gasteiger partial charge in [0.25, 0.3) is 0 Å². The highest BCUT2D eigenvalue weighted by atomic mass is 35.5. The van der Waals surface area contributed by atoms with E-state index in [0.717, 1.165) is 5.56 Å². The Morgan fingerprint density at radius 1 is 1.29 bits per heavy atom. The van der Waals surface area contributed by atoms with Crippen molar-refractivity contribution in [2.45, 2.75) is 0 Å². The molecule has 0 aliphatic rings. The summed E-state index contributed by atoms with van der Waals surface area (Å²) in [4.78, 5) is 21.9. The molecule has 0 saturated heterocycles. The van der Waals surface area contributed by atoms with Crippen molar-refractivity contribution in [1.29, 1.82) is 0 Å². The molecule has 5 heteroatoms. The van der Waals surface area contributed by atoms with Crippen molar-refractivity contribution in [3.63, 3.8) is 0 Å². The summed E-state index contributed by atoms with van der Waals surface area (Å²) < 4.78 is 0. The second kappa shape index (κ2) is 4.93. The van der Waals surface area contributed by atoms with Gasteiger partial charge >= 0.3 is 5.69 Å². The van der Waals surface area contributed by atoms with Gasteiger partial charge in [0, 0.05) is 11.1 Å². The summed E-state index contributed by atoms with van der Waals surface area (Å²) in [6.45, 7) is 3.71. The molecule has 0 atom stereocenters. The summed E-state index contributed by atoms with van der Waals surface area (Å²) in [5.41, 5.74) is 0.880. The zero-order chi connectivity index (χ0) is 12.3. The summed E-state index contributed by atoms with van der Waals surface area (Å²) >= 11 is 5.65. The Morgan fingerprint density at radius 2 is 2.00 bits per heavy atom. The van der Waals surface area contributed by atoms with Crippen LogP contribution < -0.4 is 5.69 Å². The number of hydrogen-bond acceptors (Lipinski definition) is 3. The average Bonchev–Trinajstić information content (AvgIpc) is 2.38. The van der Waals surface area contributed by atoms with E-state index in [9.17, 15) is 4.79 Å². The molecular formula is C12H10ClN3O. The molecular weight excluding hydrogens is 238 g/mol. The summed E-state index contributed by atoms with van der Waals surface area (Å²) in [5.74, 6) is 0.937. The lowest BCUT2D eigenvalue weighted by molar-refractivity contribution is 0.969. The van der Waals surface area contributed by atoms with Crippen LogP contribution in [0.15, 0.2) is 41.7 Å². The van der Waals surface area contributed by atoms with Gasteiger partial charge in [-0.15, -0.1) is 11.6 Å². The van der Waals surface area contributed by atoms with Gasteiger partial charge < -0.3 is 0 Å². The number of aromatic nitrogens is 3. The number of aromatic amines is 1. The van der Waals surface area contributed by atoms with Crippen LogP contribution >= 0.6 is 11.6 Å². The molecule has 0 aliphatic carbocycles. The molecule has 0 aliphatic heterocycles. The summed E-state index contributed by atoms with van der Waals surface area (Å²) in [6.07, 6.45) is 0. The molecule has 0 spiro atoms. The first-order valence-corrected chi connectivity index (χ1v) is 5.52. The lowest BCUT2D eigenvalue weighted by Crippen LogP contribution is -2.16. The van der Waals surface area contributed by atoms with Crippen LogP contribution in [-0.2, 0) is 0 Å². The summed E-state index contributed by atoms with van der Waals surface area (Å²) in [5, 5.41) is 0. The van der Waals surface area contributed by atoms with Crippen molar-refractivity contribution in [1.82, 2.24) is 15.0 Å². The number of alkyl halides is 1. The molecule has 4 nitrogen and oxygen atoms in total. The lowest BCUT2D eigenvalue weighted by Gasteiger charge is -2.03. The minimum Gasteiger partial charge on any atom is -0.290 e. The van der Waals surface area contributed by atoms with Gasteiger partial charge in [-0.2, -0.15) is 4.98 Å². The fourth-order valence-electron chi connectivity index (χ4n) is 1.33. The average molecular weight is 248 g/mol. The third-order valence-corrected chi connectivity index (χ3v) is 2.50. The first kappa shape index (κ1) is 11.5.